The Bertz CT molecular complexity index is 948. The Labute approximate surface area is 184 Å². The van der Waals surface area contributed by atoms with Gasteiger partial charge in [0.2, 0.25) is 0 Å². The van der Waals surface area contributed by atoms with Crippen molar-refractivity contribution in [1.29, 1.82) is 0 Å². The zero-order chi connectivity index (χ0) is 21.9. The highest BCUT2D eigenvalue weighted by Gasteiger charge is 2.13. The third-order valence-electron chi connectivity index (χ3n) is 3.66. The number of nitrogens with one attached hydrogen (secondary N) is 2. The van der Waals surface area contributed by atoms with Gasteiger partial charge in [0, 0.05) is 16.6 Å². The summed E-state index contributed by atoms with van der Waals surface area (Å²) in [5, 5.41) is 7.14. The predicted molar refractivity (Wildman–Crippen MR) is 117 cm³/mol. The molecule has 0 aromatic heterocycles. The highest BCUT2D eigenvalue weighted by molar-refractivity contribution is 6.36. The number of carbonyl (C=O) groups excluding carboxylic acids is 2. The lowest BCUT2D eigenvalue weighted by Gasteiger charge is -2.11. The molecule has 0 fully saturated rings. The lowest BCUT2D eigenvalue weighted by atomic mass is 10.2. The number of hydrazone groups is 1. The van der Waals surface area contributed by atoms with Crippen molar-refractivity contribution in [3.8, 4) is 11.5 Å². The zero-order valence-electron chi connectivity index (χ0n) is 16.3. The number of rotatable bonds is 9. The quantitative estimate of drug-likeness (QED) is 0.264. The van der Waals surface area contributed by atoms with Crippen molar-refractivity contribution in [2.75, 3.05) is 13.2 Å². The van der Waals surface area contributed by atoms with Crippen LogP contribution in [-0.2, 0) is 16.1 Å². The van der Waals surface area contributed by atoms with E-state index in [9.17, 15) is 9.59 Å². The van der Waals surface area contributed by atoms with Gasteiger partial charge >= 0.3 is 11.8 Å². The summed E-state index contributed by atoms with van der Waals surface area (Å²) in [5.41, 5.74) is 3.45. The Kier molecular flexibility index (Phi) is 9.18. The fourth-order valence-electron chi connectivity index (χ4n) is 2.28. The van der Waals surface area contributed by atoms with E-state index in [2.05, 4.69) is 22.4 Å². The van der Waals surface area contributed by atoms with Crippen molar-refractivity contribution in [3.63, 3.8) is 0 Å². The average Bonchev–Trinajstić information content (AvgIpc) is 2.72. The van der Waals surface area contributed by atoms with Crippen LogP contribution in [0, 0.1) is 0 Å². The fraction of sp³-hybridized carbons (Fsp3) is 0.190. The summed E-state index contributed by atoms with van der Waals surface area (Å²) in [7, 11) is 0. The highest BCUT2D eigenvalue weighted by atomic mass is 35.5. The van der Waals surface area contributed by atoms with Gasteiger partial charge in [0.25, 0.3) is 0 Å². The lowest BCUT2D eigenvalue weighted by Crippen LogP contribution is -2.37. The first-order valence-corrected chi connectivity index (χ1v) is 9.75. The maximum Gasteiger partial charge on any atom is 0.329 e. The van der Waals surface area contributed by atoms with Crippen molar-refractivity contribution in [1.82, 2.24) is 10.7 Å². The number of amides is 2. The van der Waals surface area contributed by atoms with Crippen molar-refractivity contribution in [3.05, 3.63) is 70.2 Å². The Balaban J connectivity index is 1.91. The number of benzene rings is 2. The van der Waals surface area contributed by atoms with Crippen LogP contribution in [-0.4, -0.2) is 31.2 Å². The van der Waals surface area contributed by atoms with E-state index in [1.807, 2.05) is 6.92 Å². The fourth-order valence-corrected chi connectivity index (χ4v) is 2.75. The minimum absolute atomic E-state index is 0.0792. The molecule has 0 bridgehead atoms. The number of hydrogen-bond acceptors (Lipinski definition) is 5. The minimum atomic E-state index is -0.910. The van der Waals surface area contributed by atoms with E-state index in [0.717, 1.165) is 0 Å². The van der Waals surface area contributed by atoms with Crippen LogP contribution >= 0.6 is 23.2 Å². The lowest BCUT2D eigenvalue weighted by molar-refractivity contribution is -0.139. The van der Waals surface area contributed by atoms with Gasteiger partial charge in [-0.1, -0.05) is 41.9 Å². The number of carbonyl (C=O) groups is 2. The summed E-state index contributed by atoms with van der Waals surface area (Å²) in [6.07, 6.45) is 3.02. The van der Waals surface area contributed by atoms with Crippen LogP contribution < -0.4 is 20.2 Å². The molecule has 2 aromatic carbocycles. The van der Waals surface area contributed by atoms with Crippen molar-refractivity contribution in [2.45, 2.75) is 13.5 Å². The number of hydrogen-bond donors (Lipinski definition) is 2. The second kappa shape index (κ2) is 11.8. The SMILES string of the molecule is C=CCOc1ccc(/C=N\NC(=O)C(=O)NCc2ccc(Cl)cc2Cl)cc1OCC. The Morgan fingerprint density at radius 2 is 1.90 bits per heavy atom. The molecule has 0 radical (unpaired) electrons. The molecule has 0 saturated heterocycles. The van der Waals surface area contributed by atoms with Crippen LogP contribution in [0.25, 0.3) is 0 Å². The zero-order valence-corrected chi connectivity index (χ0v) is 17.8. The van der Waals surface area contributed by atoms with Crippen molar-refractivity contribution < 1.29 is 19.1 Å². The Hall–Kier alpha value is -3.03. The van der Waals surface area contributed by atoms with Crippen LogP contribution in [0.4, 0.5) is 0 Å². The molecule has 30 heavy (non-hydrogen) atoms. The molecule has 0 aliphatic rings. The van der Waals surface area contributed by atoms with Gasteiger partial charge in [0.15, 0.2) is 11.5 Å². The van der Waals surface area contributed by atoms with Gasteiger partial charge in [-0.25, -0.2) is 5.43 Å². The Morgan fingerprint density at radius 3 is 2.60 bits per heavy atom. The molecule has 0 aliphatic heterocycles. The van der Waals surface area contributed by atoms with E-state index < -0.39 is 11.8 Å². The van der Waals surface area contributed by atoms with Crippen LogP contribution in [0.1, 0.15) is 18.1 Å². The third kappa shape index (κ3) is 7.09. The van der Waals surface area contributed by atoms with Gasteiger partial charge < -0.3 is 14.8 Å². The van der Waals surface area contributed by atoms with E-state index in [0.29, 0.717) is 45.9 Å². The monoisotopic (exact) mass is 449 g/mol. The molecule has 2 rings (SSSR count). The van der Waals surface area contributed by atoms with Gasteiger partial charge in [-0.2, -0.15) is 5.10 Å². The first-order chi connectivity index (χ1) is 14.4. The summed E-state index contributed by atoms with van der Waals surface area (Å²) in [4.78, 5) is 23.8. The average molecular weight is 450 g/mol. The molecule has 2 N–H and O–H groups in total. The molecule has 2 amide bonds. The topological polar surface area (TPSA) is 89.0 Å². The normalized spacial score (nSPS) is 10.5. The second-order valence-corrected chi connectivity index (χ2v) is 6.70. The van der Waals surface area contributed by atoms with Crippen LogP contribution in [0.15, 0.2) is 54.2 Å². The van der Waals surface area contributed by atoms with Gasteiger partial charge in [-0.05, 0) is 48.4 Å². The molecule has 9 heteroatoms. The van der Waals surface area contributed by atoms with Gasteiger partial charge in [-0.15, -0.1) is 0 Å². The van der Waals surface area contributed by atoms with Crippen molar-refractivity contribution in [2.24, 2.45) is 5.10 Å². The summed E-state index contributed by atoms with van der Waals surface area (Å²) in [6.45, 7) is 6.35. The Morgan fingerprint density at radius 1 is 1.10 bits per heavy atom. The molecular formula is C21H21Cl2N3O4. The van der Waals surface area contributed by atoms with Gasteiger partial charge in [0.1, 0.15) is 6.61 Å². The van der Waals surface area contributed by atoms with E-state index in [-0.39, 0.29) is 6.54 Å². The molecule has 0 atom stereocenters. The molecule has 0 spiro atoms. The standard InChI is InChI=1S/C21H21Cl2N3O4/c1-3-9-30-18-8-5-14(10-19(18)29-4-2)12-25-26-21(28)20(27)24-13-15-6-7-16(22)11-17(15)23/h3,5-8,10-12H,1,4,9,13H2,2H3,(H,24,27)(H,26,28)/b25-12-. The predicted octanol–water partition coefficient (Wildman–Crippen LogP) is 3.72. The maximum atomic E-state index is 11.9. The molecule has 7 nitrogen and oxygen atoms in total. The number of halogens is 2. The highest BCUT2D eigenvalue weighted by Crippen LogP contribution is 2.28. The molecule has 0 saturated carbocycles. The maximum absolute atomic E-state index is 11.9. The molecule has 158 valence electrons. The second-order valence-electron chi connectivity index (χ2n) is 5.86. The van der Waals surface area contributed by atoms with Gasteiger partial charge in [0.05, 0.1) is 12.8 Å². The van der Waals surface area contributed by atoms with E-state index >= 15 is 0 Å². The van der Waals surface area contributed by atoms with Crippen LogP contribution in [0.3, 0.4) is 0 Å². The third-order valence-corrected chi connectivity index (χ3v) is 4.25. The van der Waals surface area contributed by atoms with Crippen LogP contribution in [0.2, 0.25) is 10.0 Å². The summed E-state index contributed by atoms with van der Waals surface area (Å²) < 4.78 is 11.1. The van der Waals surface area contributed by atoms with E-state index in [1.54, 1.807) is 42.5 Å². The van der Waals surface area contributed by atoms with Crippen molar-refractivity contribution >= 4 is 41.2 Å². The first-order valence-electron chi connectivity index (χ1n) is 9.00. The summed E-state index contributed by atoms with van der Waals surface area (Å²) >= 11 is 11.9. The van der Waals surface area contributed by atoms with Gasteiger partial charge in [-0.3, -0.25) is 9.59 Å². The molecule has 0 unspecified atom stereocenters. The smallest absolute Gasteiger partial charge is 0.329 e. The summed E-state index contributed by atoms with van der Waals surface area (Å²) in [5.74, 6) is -0.654. The number of nitrogens with zero attached hydrogens (tertiary/aromatic N) is 1. The molecular weight excluding hydrogens is 429 g/mol. The number of ether oxygens (including phenoxy) is 2. The first kappa shape index (κ1) is 23.3. The van der Waals surface area contributed by atoms with E-state index in [1.165, 1.54) is 6.21 Å². The summed E-state index contributed by atoms with van der Waals surface area (Å²) in [6, 6.07) is 10.0. The van der Waals surface area contributed by atoms with E-state index in [4.69, 9.17) is 32.7 Å². The largest absolute Gasteiger partial charge is 0.490 e. The molecule has 2 aromatic rings. The van der Waals surface area contributed by atoms with Crippen LogP contribution in [0.5, 0.6) is 11.5 Å². The minimum Gasteiger partial charge on any atom is -0.490 e. The molecule has 0 aliphatic carbocycles. The molecule has 0 heterocycles.